The number of nitrogens with zero attached hydrogens (tertiary/aromatic N) is 1. The van der Waals surface area contributed by atoms with Gasteiger partial charge in [-0.3, -0.25) is 14.9 Å². The molecular formula is C20H15IN2O3. The zero-order valence-electron chi connectivity index (χ0n) is 13.7. The third kappa shape index (κ3) is 4.26. The summed E-state index contributed by atoms with van der Waals surface area (Å²) in [4.78, 5) is 23.0. The highest BCUT2D eigenvalue weighted by molar-refractivity contribution is 14.1. The molecule has 0 aromatic heterocycles. The minimum absolute atomic E-state index is 0.0320. The molecule has 1 amide bonds. The molecular weight excluding hydrogens is 443 g/mol. The first-order chi connectivity index (χ1) is 12.5. The van der Waals surface area contributed by atoms with Gasteiger partial charge < -0.3 is 5.32 Å². The van der Waals surface area contributed by atoms with Gasteiger partial charge in [0.2, 0.25) is 0 Å². The molecule has 0 saturated carbocycles. The Labute approximate surface area is 164 Å². The van der Waals surface area contributed by atoms with Crippen LogP contribution in [0.2, 0.25) is 0 Å². The van der Waals surface area contributed by atoms with E-state index in [-0.39, 0.29) is 11.6 Å². The van der Waals surface area contributed by atoms with Gasteiger partial charge in [-0.2, -0.15) is 0 Å². The molecule has 0 radical (unpaired) electrons. The van der Waals surface area contributed by atoms with Gasteiger partial charge in [-0.05, 0) is 52.3 Å². The van der Waals surface area contributed by atoms with E-state index in [1.807, 2.05) is 77.2 Å². The molecule has 3 aromatic rings. The minimum atomic E-state index is -0.473. The highest BCUT2D eigenvalue weighted by atomic mass is 127. The maximum absolute atomic E-state index is 12.6. The summed E-state index contributed by atoms with van der Waals surface area (Å²) in [5.41, 5.74) is 3.26. The standard InChI is InChI=1S/C20H15IN2O3/c21-18-13-16(23(25)26)10-11-17(18)20(24)22-19-9-5-4-8-15(19)12-14-6-2-1-3-7-14/h1-11,13H,12H2,(H,22,24). The van der Waals surface area contributed by atoms with Gasteiger partial charge in [0.05, 0.1) is 10.5 Å². The van der Waals surface area contributed by atoms with E-state index < -0.39 is 4.92 Å². The van der Waals surface area contributed by atoms with Gasteiger partial charge in [0.1, 0.15) is 0 Å². The Morgan fingerprint density at radius 1 is 1.00 bits per heavy atom. The lowest BCUT2D eigenvalue weighted by atomic mass is 10.0. The first kappa shape index (κ1) is 18.1. The molecule has 0 spiro atoms. The van der Waals surface area contributed by atoms with Gasteiger partial charge in [-0.25, -0.2) is 0 Å². The summed E-state index contributed by atoms with van der Waals surface area (Å²) in [6.45, 7) is 0. The number of non-ortho nitro benzene ring substituents is 1. The number of para-hydroxylation sites is 1. The summed E-state index contributed by atoms with van der Waals surface area (Å²) < 4.78 is 0.537. The lowest BCUT2D eigenvalue weighted by Crippen LogP contribution is -2.15. The first-order valence-electron chi connectivity index (χ1n) is 7.92. The van der Waals surface area contributed by atoms with Crippen LogP contribution in [0.15, 0.2) is 72.8 Å². The summed E-state index contributed by atoms with van der Waals surface area (Å²) in [6, 6.07) is 21.9. The summed E-state index contributed by atoms with van der Waals surface area (Å²) in [6.07, 6.45) is 0.703. The van der Waals surface area contributed by atoms with Crippen molar-refractivity contribution in [1.29, 1.82) is 0 Å². The number of carbonyl (C=O) groups excluding carboxylic acids is 1. The molecule has 0 aliphatic rings. The quantitative estimate of drug-likeness (QED) is 0.331. The van der Waals surface area contributed by atoms with E-state index in [1.165, 1.54) is 18.2 Å². The lowest BCUT2D eigenvalue weighted by Gasteiger charge is -2.12. The molecule has 0 heterocycles. The molecule has 1 N–H and O–H groups in total. The van der Waals surface area contributed by atoms with Crippen molar-refractivity contribution in [2.75, 3.05) is 5.32 Å². The number of nitro groups is 1. The molecule has 0 bridgehead atoms. The average Bonchev–Trinajstić information content (AvgIpc) is 2.64. The van der Waals surface area contributed by atoms with Crippen molar-refractivity contribution in [3.8, 4) is 0 Å². The number of amides is 1. The van der Waals surface area contributed by atoms with Crippen molar-refractivity contribution in [3.05, 3.63) is 103 Å². The fourth-order valence-corrected chi connectivity index (χ4v) is 3.35. The van der Waals surface area contributed by atoms with Crippen LogP contribution in [-0.4, -0.2) is 10.8 Å². The second-order valence-electron chi connectivity index (χ2n) is 5.69. The Balaban J connectivity index is 1.83. The van der Waals surface area contributed by atoms with Crippen molar-refractivity contribution >= 4 is 39.9 Å². The topological polar surface area (TPSA) is 72.2 Å². The molecule has 3 aromatic carbocycles. The number of anilines is 1. The number of benzene rings is 3. The fourth-order valence-electron chi connectivity index (χ4n) is 2.60. The Kier molecular flexibility index (Phi) is 5.62. The lowest BCUT2D eigenvalue weighted by molar-refractivity contribution is -0.384. The van der Waals surface area contributed by atoms with Crippen LogP contribution in [0.3, 0.4) is 0 Å². The predicted octanol–water partition coefficient (Wildman–Crippen LogP) is 5.04. The second kappa shape index (κ2) is 8.09. The molecule has 0 aliphatic carbocycles. The monoisotopic (exact) mass is 458 g/mol. The average molecular weight is 458 g/mol. The number of nitro benzene ring substituents is 1. The summed E-state index contributed by atoms with van der Waals surface area (Å²) in [5.74, 6) is -0.287. The molecule has 0 fully saturated rings. The molecule has 0 unspecified atom stereocenters. The van der Waals surface area contributed by atoms with Crippen LogP contribution in [-0.2, 0) is 6.42 Å². The smallest absolute Gasteiger partial charge is 0.270 e. The first-order valence-corrected chi connectivity index (χ1v) is 8.99. The zero-order valence-corrected chi connectivity index (χ0v) is 15.8. The fraction of sp³-hybridized carbons (Fsp3) is 0.0500. The SMILES string of the molecule is O=C(Nc1ccccc1Cc1ccccc1)c1ccc([N+](=O)[O-])cc1I. The largest absolute Gasteiger partial charge is 0.322 e. The molecule has 3 rings (SSSR count). The van der Waals surface area contributed by atoms with E-state index in [0.29, 0.717) is 15.6 Å². The van der Waals surface area contributed by atoms with Crippen molar-refractivity contribution in [1.82, 2.24) is 0 Å². The summed E-state index contributed by atoms with van der Waals surface area (Å²) in [5, 5.41) is 13.8. The molecule has 0 aliphatic heterocycles. The van der Waals surface area contributed by atoms with Gasteiger partial charge in [-0.15, -0.1) is 0 Å². The van der Waals surface area contributed by atoms with E-state index in [0.717, 1.165) is 16.8 Å². The van der Waals surface area contributed by atoms with Crippen LogP contribution in [0, 0.1) is 13.7 Å². The molecule has 0 saturated heterocycles. The highest BCUT2D eigenvalue weighted by Gasteiger charge is 2.15. The van der Waals surface area contributed by atoms with Crippen LogP contribution >= 0.6 is 22.6 Å². The normalized spacial score (nSPS) is 10.3. The van der Waals surface area contributed by atoms with Crippen LogP contribution in [0.5, 0.6) is 0 Å². The minimum Gasteiger partial charge on any atom is -0.322 e. The van der Waals surface area contributed by atoms with E-state index in [1.54, 1.807) is 0 Å². The van der Waals surface area contributed by atoms with Crippen molar-refractivity contribution in [2.45, 2.75) is 6.42 Å². The number of hydrogen-bond donors (Lipinski definition) is 1. The van der Waals surface area contributed by atoms with E-state index >= 15 is 0 Å². The van der Waals surface area contributed by atoms with Gasteiger partial charge >= 0.3 is 0 Å². The molecule has 5 nitrogen and oxygen atoms in total. The van der Waals surface area contributed by atoms with Crippen molar-refractivity contribution in [3.63, 3.8) is 0 Å². The zero-order chi connectivity index (χ0) is 18.5. The molecule has 130 valence electrons. The van der Waals surface area contributed by atoms with Gasteiger partial charge in [0.25, 0.3) is 11.6 Å². The Morgan fingerprint density at radius 2 is 1.69 bits per heavy atom. The van der Waals surface area contributed by atoms with E-state index in [4.69, 9.17) is 0 Å². The van der Waals surface area contributed by atoms with E-state index in [2.05, 4.69) is 5.32 Å². The maximum atomic E-state index is 12.6. The highest BCUT2D eigenvalue weighted by Crippen LogP contribution is 2.23. The van der Waals surface area contributed by atoms with Crippen LogP contribution < -0.4 is 5.32 Å². The third-order valence-electron chi connectivity index (χ3n) is 3.91. The molecule has 0 atom stereocenters. The van der Waals surface area contributed by atoms with Crippen LogP contribution in [0.1, 0.15) is 21.5 Å². The summed E-state index contributed by atoms with van der Waals surface area (Å²) >= 11 is 1.94. The number of hydrogen-bond acceptors (Lipinski definition) is 3. The third-order valence-corrected chi connectivity index (χ3v) is 4.80. The Hall–Kier alpha value is -2.74. The number of rotatable bonds is 5. The number of nitrogens with one attached hydrogen (secondary N) is 1. The predicted molar refractivity (Wildman–Crippen MR) is 109 cm³/mol. The Morgan fingerprint density at radius 3 is 2.38 bits per heavy atom. The number of carbonyl (C=O) groups is 1. The van der Waals surface area contributed by atoms with Gasteiger partial charge in [0, 0.05) is 21.4 Å². The second-order valence-corrected chi connectivity index (χ2v) is 6.86. The van der Waals surface area contributed by atoms with Crippen molar-refractivity contribution in [2.24, 2.45) is 0 Å². The Bertz CT molecular complexity index is 958. The van der Waals surface area contributed by atoms with Crippen LogP contribution in [0.4, 0.5) is 11.4 Å². The van der Waals surface area contributed by atoms with Crippen molar-refractivity contribution < 1.29 is 9.72 Å². The molecule has 26 heavy (non-hydrogen) atoms. The van der Waals surface area contributed by atoms with Crippen LogP contribution in [0.25, 0.3) is 0 Å². The van der Waals surface area contributed by atoms with Gasteiger partial charge in [-0.1, -0.05) is 48.5 Å². The number of halogens is 1. The summed E-state index contributed by atoms with van der Waals surface area (Å²) in [7, 11) is 0. The molecule has 6 heteroatoms. The maximum Gasteiger partial charge on any atom is 0.270 e. The van der Waals surface area contributed by atoms with E-state index in [9.17, 15) is 14.9 Å². The van der Waals surface area contributed by atoms with Gasteiger partial charge in [0.15, 0.2) is 0 Å².